The van der Waals surface area contributed by atoms with E-state index in [-0.39, 0.29) is 29.4 Å². The van der Waals surface area contributed by atoms with Crippen molar-refractivity contribution in [3.63, 3.8) is 0 Å². The fourth-order valence-electron chi connectivity index (χ4n) is 4.13. The van der Waals surface area contributed by atoms with Crippen LogP contribution in [0.5, 0.6) is 0 Å². The van der Waals surface area contributed by atoms with Crippen LogP contribution in [0.3, 0.4) is 0 Å². The van der Waals surface area contributed by atoms with E-state index in [1.165, 1.54) is 0 Å². The van der Waals surface area contributed by atoms with Crippen LogP contribution in [-0.2, 0) is 18.8 Å². The molecule has 1 amide bonds. The van der Waals surface area contributed by atoms with Gasteiger partial charge in [0.1, 0.15) is 11.4 Å². The molecular formula is C24H40BN3O5. The summed E-state index contributed by atoms with van der Waals surface area (Å²) in [6.07, 6.45) is 1.48. The third kappa shape index (κ3) is 5.47. The Morgan fingerprint density at radius 2 is 1.76 bits per heavy atom. The number of carbonyl (C=O) groups excluding carboxylic acids is 1. The molecule has 33 heavy (non-hydrogen) atoms. The van der Waals surface area contributed by atoms with E-state index < -0.39 is 12.7 Å². The molecular weight excluding hydrogens is 421 g/mol. The molecule has 8 nitrogen and oxygen atoms in total. The second kappa shape index (κ2) is 9.43. The van der Waals surface area contributed by atoms with Crippen molar-refractivity contribution >= 4 is 24.5 Å². The average molecular weight is 461 g/mol. The Morgan fingerprint density at radius 1 is 1.12 bits per heavy atom. The summed E-state index contributed by atoms with van der Waals surface area (Å²) in [5, 5.41) is 0. The topological polar surface area (TPSA) is 73.4 Å². The number of aromatic nitrogens is 1. The maximum absolute atomic E-state index is 12.5. The fraction of sp³-hybridized carbons (Fsp3) is 0.750. The number of amides is 1. The second-order valence-electron chi connectivity index (χ2n) is 10.6. The molecule has 0 radical (unpaired) electrons. The van der Waals surface area contributed by atoms with E-state index in [2.05, 4.69) is 4.90 Å². The summed E-state index contributed by atoms with van der Waals surface area (Å²) in [4.78, 5) is 21.2. The molecule has 0 aliphatic carbocycles. The number of fused-ring (bicyclic) bond motifs is 1. The van der Waals surface area contributed by atoms with Crippen molar-refractivity contribution in [2.45, 2.75) is 91.3 Å². The zero-order valence-corrected chi connectivity index (χ0v) is 21.7. The first-order valence-electron chi connectivity index (χ1n) is 12.0. The fourth-order valence-corrected chi connectivity index (χ4v) is 4.13. The molecule has 184 valence electrons. The van der Waals surface area contributed by atoms with Crippen molar-refractivity contribution in [2.24, 2.45) is 0 Å². The standard InChI is InChI=1S/C22H34BN3O5.C2H6/c1-20(2,3)29-19(27)25-13-16-17(14-25)28-11-10-26(16)18-9-8-15(12-24-18)23-30-21(4,5)22(6,7)31-23;1-2/h8-9,12,16-17H,10-11,13-14H2,1-7H3;1-2H3. The number of ether oxygens (including phenoxy) is 2. The molecule has 0 bridgehead atoms. The molecule has 2 unspecified atom stereocenters. The molecule has 0 N–H and O–H groups in total. The highest BCUT2D eigenvalue weighted by atomic mass is 16.7. The van der Waals surface area contributed by atoms with Crippen molar-refractivity contribution in [3.05, 3.63) is 18.3 Å². The number of likely N-dealkylation sites (tertiary alicyclic amines) is 1. The minimum absolute atomic E-state index is 0.0501. The van der Waals surface area contributed by atoms with Crippen LogP contribution in [0.15, 0.2) is 18.3 Å². The molecule has 0 spiro atoms. The molecule has 4 heterocycles. The predicted octanol–water partition coefficient (Wildman–Crippen LogP) is 3.23. The average Bonchev–Trinajstić information content (AvgIpc) is 3.26. The van der Waals surface area contributed by atoms with Crippen LogP contribution in [-0.4, -0.2) is 78.3 Å². The molecule has 0 saturated carbocycles. The Morgan fingerprint density at radius 3 is 2.30 bits per heavy atom. The van der Waals surface area contributed by atoms with Crippen LogP contribution in [0.4, 0.5) is 10.6 Å². The summed E-state index contributed by atoms with van der Waals surface area (Å²) >= 11 is 0. The number of anilines is 1. The maximum Gasteiger partial charge on any atom is 0.496 e. The van der Waals surface area contributed by atoms with Gasteiger partial charge in [-0.1, -0.05) is 19.9 Å². The maximum atomic E-state index is 12.5. The lowest BCUT2D eigenvalue weighted by Gasteiger charge is -2.37. The lowest BCUT2D eigenvalue weighted by molar-refractivity contribution is 0.00578. The smallest absolute Gasteiger partial charge is 0.444 e. The molecule has 3 aliphatic rings. The molecule has 3 saturated heterocycles. The zero-order chi connectivity index (χ0) is 24.6. The predicted molar refractivity (Wildman–Crippen MR) is 130 cm³/mol. The molecule has 2 atom stereocenters. The van der Waals surface area contributed by atoms with Gasteiger partial charge in [-0.2, -0.15) is 0 Å². The molecule has 4 rings (SSSR count). The van der Waals surface area contributed by atoms with Crippen molar-refractivity contribution in [3.8, 4) is 0 Å². The highest BCUT2D eigenvalue weighted by molar-refractivity contribution is 6.62. The first-order valence-corrected chi connectivity index (χ1v) is 12.0. The van der Waals surface area contributed by atoms with Crippen molar-refractivity contribution in [1.82, 2.24) is 9.88 Å². The summed E-state index contributed by atoms with van der Waals surface area (Å²) in [7, 11) is -0.432. The van der Waals surface area contributed by atoms with Gasteiger partial charge >= 0.3 is 13.2 Å². The molecule has 3 aliphatic heterocycles. The van der Waals surface area contributed by atoms with E-state index in [0.717, 1.165) is 17.8 Å². The van der Waals surface area contributed by atoms with E-state index in [0.29, 0.717) is 19.7 Å². The van der Waals surface area contributed by atoms with Crippen LogP contribution in [0, 0.1) is 0 Å². The Labute approximate surface area is 199 Å². The lowest BCUT2D eigenvalue weighted by atomic mass is 9.80. The van der Waals surface area contributed by atoms with Gasteiger partial charge in [0.15, 0.2) is 0 Å². The molecule has 9 heteroatoms. The third-order valence-electron chi connectivity index (χ3n) is 6.54. The molecule has 0 aromatic carbocycles. The van der Waals surface area contributed by atoms with Crippen LogP contribution in [0.2, 0.25) is 0 Å². The quantitative estimate of drug-likeness (QED) is 0.627. The Hall–Kier alpha value is -1.84. The largest absolute Gasteiger partial charge is 0.496 e. The molecule has 1 aromatic rings. The second-order valence-corrected chi connectivity index (χ2v) is 10.6. The van der Waals surface area contributed by atoms with Gasteiger partial charge < -0.3 is 28.6 Å². The zero-order valence-electron chi connectivity index (χ0n) is 21.7. The number of hydrogen-bond donors (Lipinski definition) is 0. The van der Waals surface area contributed by atoms with Crippen LogP contribution in [0.1, 0.15) is 62.3 Å². The van der Waals surface area contributed by atoms with Gasteiger partial charge in [-0.05, 0) is 54.5 Å². The van der Waals surface area contributed by atoms with E-state index in [1.54, 1.807) is 4.90 Å². The van der Waals surface area contributed by atoms with Crippen LogP contribution >= 0.6 is 0 Å². The molecule has 3 fully saturated rings. The van der Waals surface area contributed by atoms with E-state index in [1.807, 2.05) is 80.6 Å². The summed E-state index contributed by atoms with van der Waals surface area (Å²) in [5.74, 6) is 0.865. The third-order valence-corrected chi connectivity index (χ3v) is 6.54. The summed E-state index contributed by atoms with van der Waals surface area (Å²) in [6, 6.07) is 4.06. The number of nitrogens with zero attached hydrogens (tertiary/aromatic N) is 3. The molecule has 1 aromatic heterocycles. The Balaban J connectivity index is 0.00000149. The minimum atomic E-state index is -0.518. The highest BCUT2D eigenvalue weighted by Gasteiger charge is 2.52. The van der Waals surface area contributed by atoms with E-state index >= 15 is 0 Å². The van der Waals surface area contributed by atoms with Gasteiger partial charge in [0.2, 0.25) is 0 Å². The normalized spacial score (nSPS) is 25.9. The van der Waals surface area contributed by atoms with Crippen molar-refractivity contribution in [1.29, 1.82) is 0 Å². The van der Waals surface area contributed by atoms with Crippen molar-refractivity contribution < 1.29 is 23.6 Å². The Bertz CT molecular complexity index is 808. The van der Waals surface area contributed by atoms with Gasteiger partial charge in [-0.3, -0.25) is 0 Å². The van der Waals surface area contributed by atoms with Crippen LogP contribution < -0.4 is 10.4 Å². The van der Waals surface area contributed by atoms with Gasteiger partial charge in [0.05, 0.1) is 36.5 Å². The number of pyridine rings is 1. The van der Waals surface area contributed by atoms with E-state index in [4.69, 9.17) is 23.8 Å². The number of rotatable bonds is 2. The number of morpholine rings is 1. The summed E-state index contributed by atoms with van der Waals surface area (Å²) in [6.45, 7) is 20.2. The Kier molecular flexibility index (Phi) is 7.37. The van der Waals surface area contributed by atoms with Gasteiger partial charge in [-0.25, -0.2) is 9.78 Å². The number of carbonyl (C=O) groups is 1. The van der Waals surface area contributed by atoms with Gasteiger partial charge in [0, 0.05) is 24.7 Å². The van der Waals surface area contributed by atoms with E-state index in [9.17, 15) is 4.79 Å². The summed E-state index contributed by atoms with van der Waals surface area (Å²) < 4.78 is 23.8. The van der Waals surface area contributed by atoms with Crippen LogP contribution in [0.25, 0.3) is 0 Å². The van der Waals surface area contributed by atoms with Gasteiger partial charge in [-0.15, -0.1) is 0 Å². The number of hydrogen-bond acceptors (Lipinski definition) is 7. The highest BCUT2D eigenvalue weighted by Crippen LogP contribution is 2.36. The monoisotopic (exact) mass is 461 g/mol. The summed E-state index contributed by atoms with van der Waals surface area (Å²) in [5.41, 5.74) is -0.393. The first-order chi connectivity index (χ1) is 15.4. The van der Waals surface area contributed by atoms with Crippen molar-refractivity contribution in [2.75, 3.05) is 31.1 Å². The first kappa shape index (κ1) is 25.8. The minimum Gasteiger partial charge on any atom is -0.444 e. The van der Waals surface area contributed by atoms with Gasteiger partial charge in [0.25, 0.3) is 0 Å². The SMILES string of the molecule is CC.CC(C)(C)OC(=O)N1CC2OCCN(c3ccc(B4OC(C)(C)C(C)(C)O4)cn3)C2C1. The lowest BCUT2D eigenvalue weighted by Crippen LogP contribution is -2.51.